The maximum Gasteiger partial charge on any atom is 0.225 e. The van der Waals surface area contributed by atoms with Crippen molar-refractivity contribution in [2.45, 2.75) is 69.4 Å². The van der Waals surface area contributed by atoms with Crippen molar-refractivity contribution in [1.29, 1.82) is 0 Å². The van der Waals surface area contributed by atoms with Crippen LogP contribution in [-0.2, 0) is 9.53 Å². The van der Waals surface area contributed by atoms with Crippen LogP contribution in [0.3, 0.4) is 0 Å². The third-order valence-corrected chi connectivity index (χ3v) is 8.36. The van der Waals surface area contributed by atoms with Gasteiger partial charge in [0.05, 0.1) is 5.60 Å². The van der Waals surface area contributed by atoms with E-state index in [1.165, 1.54) is 24.9 Å². The molecule has 1 aliphatic carbocycles. The molecule has 5 rings (SSSR count). The van der Waals surface area contributed by atoms with E-state index in [-0.39, 0.29) is 5.60 Å². The van der Waals surface area contributed by atoms with Crippen LogP contribution < -0.4 is 4.90 Å². The molecule has 1 spiro atoms. The van der Waals surface area contributed by atoms with Gasteiger partial charge in [0.1, 0.15) is 0 Å². The van der Waals surface area contributed by atoms with Crippen LogP contribution in [0.25, 0.3) is 0 Å². The van der Waals surface area contributed by atoms with Gasteiger partial charge in [-0.3, -0.25) is 9.69 Å². The number of carbonyl (C=O) groups excluding carboxylic acids is 1. The highest BCUT2D eigenvalue weighted by Crippen LogP contribution is 2.38. The Hall–Kier alpha value is -1.59. The monoisotopic (exact) mass is 425 g/mol. The summed E-state index contributed by atoms with van der Waals surface area (Å²) in [5, 5.41) is 0. The summed E-state index contributed by atoms with van der Waals surface area (Å²) in [4.78, 5) is 20.3. The zero-order valence-corrected chi connectivity index (χ0v) is 19.0. The molecular weight excluding hydrogens is 386 g/mol. The van der Waals surface area contributed by atoms with Gasteiger partial charge < -0.3 is 14.5 Å². The first-order chi connectivity index (χ1) is 15.2. The zero-order chi connectivity index (χ0) is 21.1. The molecule has 1 aromatic carbocycles. The van der Waals surface area contributed by atoms with Crippen LogP contribution in [0.1, 0.15) is 57.8 Å². The third-order valence-electron chi connectivity index (χ3n) is 8.36. The number of benzene rings is 1. The Balaban J connectivity index is 1.13. The number of ether oxygens (including phenoxy) is 1. The van der Waals surface area contributed by atoms with Crippen molar-refractivity contribution < 1.29 is 9.53 Å². The summed E-state index contributed by atoms with van der Waals surface area (Å²) in [6.45, 7) is 7.16. The quantitative estimate of drug-likeness (QED) is 0.735. The Labute approximate surface area is 187 Å². The lowest BCUT2D eigenvalue weighted by Crippen LogP contribution is -2.57. The fraction of sp³-hybridized carbons (Fsp3) is 0.731. The van der Waals surface area contributed by atoms with E-state index >= 15 is 0 Å². The minimum absolute atomic E-state index is 0.00280. The molecule has 1 saturated carbocycles. The van der Waals surface area contributed by atoms with Gasteiger partial charge in [-0.25, -0.2) is 0 Å². The minimum Gasteiger partial charge on any atom is -0.375 e. The topological polar surface area (TPSA) is 36.0 Å². The Kier molecular flexibility index (Phi) is 6.51. The molecule has 3 heterocycles. The Bertz CT molecular complexity index is 717. The summed E-state index contributed by atoms with van der Waals surface area (Å²) in [7, 11) is 0. The molecular formula is C26H39N3O2. The molecule has 31 heavy (non-hydrogen) atoms. The van der Waals surface area contributed by atoms with Crippen LogP contribution in [-0.4, -0.2) is 73.2 Å². The Morgan fingerprint density at radius 2 is 1.58 bits per heavy atom. The lowest BCUT2D eigenvalue weighted by atomic mass is 9.81. The third kappa shape index (κ3) is 4.78. The van der Waals surface area contributed by atoms with Crippen LogP contribution in [0, 0.1) is 5.92 Å². The number of hydrogen-bond donors (Lipinski definition) is 0. The lowest BCUT2D eigenvalue weighted by molar-refractivity contribution is -0.153. The van der Waals surface area contributed by atoms with Gasteiger partial charge in [-0.15, -0.1) is 0 Å². The molecule has 1 amide bonds. The van der Waals surface area contributed by atoms with Crippen molar-refractivity contribution in [2.24, 2.45) is 5.92 Å². The predicted octanol–water partition coefficient (Wildman–Crippen LogP) is 3.93. The van der Waals surface area contributed by atoms with Gasteiger partial charge in [-0.1, -0.05) is 37.5 Å². The average Bonchev–Trinajstić information content (AvgIpc) is 2.85. The molecule has 1 aromatic rings. The Morgan fingerprint density at radius 1 is 0.871 bits per heavy atom. The lowest BCUT2D eigenvalue weighted by Gasteiger charge is -2.50. The van der Waals surface area contributed by atoms with Gasteiger partial charge in [-0.05, 0) is 50.7 Å². The molecule has 5 nitrogen and oxygen atoms in total. The van der Waals surface area contributed by atoms with Crippen LogP contribution in [0.15, 0.2) is 30.3 Å². The normalized spacial score (nSPS) is 28.1. The van der Waals surface area contributed by atoms with E-state index in [1.807, 2.05) is 0 Å². The number of nitrogens with zero attached hydrogens (tertiary/aromatic N) is 3. The Morgan fingerprint density at radius 3 is 2.29 bits per heavy atom. The van der Waals surface area contributed by atoms with E-state index in [0.29, 0.717) is 17.9 Å². The molecule has 4 aliphatic rings. The predicted molar refractivity (Wildman–Crippen MR) is 124 cm³/mol. The first kappa shape index (κ1) is 21.3. The number of hydrogen-bond acceptors (Lipinski definition) is 4. The summed E-state index contributed by atoms with van der Waals surface area (Å²) in [5.41, 5.74) is 1.35. The van der Waals surface area contributed by atoms with Gasteiger partial charge in [0.15, 0.2) is 0 Å². The van der Waals surface area contributed by atoms with Gasteiger partial charge in [0.25, 0.3) is 0 Å². The number of anilines is 1. The summed E-state index contributed by atoms with van der Waals surface area (Å²) in [5.74, 6) is 0.725. The second kappa shape index (κ2) is 9.50. The summed E-state index contributed by atoms with van der Waals surface area (Å²) in [6.07, 6.45) is 10.3. The number of rotatable bonds is 3. The van der Waals surface area contributed by atoms with Gasteiger partial charge >= 0.3 is 0 Å². The molecule has 1 unspecified atom stereocenters. The van der Waals surface area contributed by atoms with Gasteiger partial charge in [-0.2, -0.15) is 0 Å². The second-order valence-corrected chi connectivity index (χ2v) is 10.2. The molecule has 5 heteroatoms. The number of para-hydroxylation sites is 1. The smallest absolute Gasteiger partial charge is 0.225 e. The van der Waals surface area contributed by atoms with E-state index in [2.05, 4.69) is 45.0 Å². The number of likely N-dealkylation sites (tertiary alicyclic amines) is 1. The number of piperazine rings is 1. The van der Waals surface area contributed by atoms with Crippen LogP contribution in [0.5, 0.6) is 0 Å². The van der Waals surface area contributed by atoms with Crippen molar-refractivity contribution in [3.63, 3.8) is 0 Å². The van der Waals surface area contributed by atoms with Crippen LogP contribution >= 0.6 is 0 Å². The number of carbonyl (C=O) groups is 1. The van der Waals surface area contributed by atoms with E-state index in [4.69, 9.17) is 4.74 Å². The SMILES string of the molecule is O=C(C1CCCCC1)N1CCC2(CC1)CC(N1CCN(c3ccccc3)CC1)CCO2. The van der Waals surface area contributed by atoms with Crippen LogP contribution in [0.4, 0.5) is 5.69 Å². The molecule has 0 radical (unpaired) electrons. The number of amides is 1. The molecule has 3 saturated heterocycles. The number of piperidine rings is 1. The first-order valence-corrected chi connectivity index (χ1v) is 12.7. The molecule has 1 atom stereocenters. The van der Waals surface area contributed by atoms with Crippen molar-refractivity contribution in [3.8, 4) is 0 Å². The molecule has 0 aromatic heterocycles. The van der Waals surface area contributed by atoms with E-state index in [1.54, 1.807) is 0 Å². The summed E-state index contributed by atoms with van der Waals surface area (Å²) >= 11 is 0. The maximum absolute atomic E-state index is 13.0. The van der Waals surface area contributed by atoms with Crippen molar-refractivity contribution >= 4 is 11.6 Å². The minimum atomic E-state index is 0.00280. The average molecular weight is 426 g/mol. The molecule has 0 N–H and O–H groups in total. The van der Waals surface area contributed by atoms with Crippen molar-refractivity contribution in [2.75, 3.05) is 50.8 Å². The summed E-state index contributed by atoms with van der Waals surface area (Å²) < 4.78 is 6.42. The van der Waals surface area contributed by atoms with Gasteiger partial charge in [0.2, 0.25) is 5.91 Å². The van der Waals surface area contributed by atoms with E-state index in [9.17, 15) is 4.79 Å². The highest BCUT2D eigenvalue weighted by Gasteiger charge is 2.43. The van der Waals surface area contributed by atoms with Gasteiger partial charge in [0, 0.05) is 63.5 Å². The van der Waals surface area contributed by atoms with Crippen molar-refractivity contribution in [3.05, 3.63) is 30.3 Å². The van der Waals surface area contributed by atoms with Crippen molar-refractivity contribution in [1.82, 2.24) is 9.80 Å². The van der Waals surface area contributed by atoms with E-state index in [0.717, 1.165) is 84.4 Å². The molecule has 4 fully saturated rings. The molecule has 3 aliphatic heterocycles. The zero-order valence-electron chi connectivity index (χ0n) is 19.0. The fourth-order valence-electron chi connectivity index (χ4n) is 6.39. The second-order valence-electron chi connectivity index (χ2n) is 10.2. The van der Waals surface area contributed by atoms with E-state index < -0.39 is 0 Å². The highest BCUT2D eigenvalue weighted by atomic mass is 16.5. The first-order valence-electron chi connectivity index (χ1n) is 12.7. The fourth-order valence-corrected chi connectivity index (χ4v) is 6.39. The van der Waals surface area contributed by atoms with Crippen LogP contribution in [0.2, 0.25) is 0 Å². The highest BCUT2D eigenvalue weighted by molar-refractivity contribution is 5.79. The standard InChI is InChI=1S/C26H39N3O2/c30-25(22-7-3-1-4-8-22)29-14-12-26(13-15-29)21-24(11-20-31-26)28-18-16-27(17-19-28)23-9-5-2-6-10-23/h2,5-6,9-10,22,24H,1,3-4,7-8,11-21H2. The largest absolute Gasteiger partial charge is 0.375 e. The summed E-state index contributed by atoms with van der Waals surface area (Å²) in [6, 6.07) is 11.4. The molecule has 170 valence electrons. The molecule has 0 bridgehead atoms. The maximum atomic E-state index is 13.0.